The zero-order chi connectivity index (χ0) is 14.8. The Labute approximate surface area is 131 Å². The van der Waals surface area contributed by atoms with Gasteiger partial charge in [-0.3, -0.25) is 4.98 Å². The first-order chi connectivity index (χ1) is 10.1. The zero-order valence-corrected chi connectivity index (χ0v) is 13.1. The van der Waals surface area contributed by atoms with E-state index < -0.39 is 0 Å². The molecule has 2 aromatic heterocycles. The van der Waals surface area contributed by atoms with E-state index in [1.165, 1.54) is 11.5 Å². The summed E-state index contributed by atoms with van der Waals surface area (Å²) in [6, 6.07) is 7.39. The number of ether oxygens (including phenoxy) is 1. The first-order valence-corrected chi connectivity index (χ1v) is 7.46. The first-order valence-electron chi connectivity index (χ1n) is 6.31. The van der Waals surface area contributed by atoms with Crippen molar-refractivity contribution in [3.05, 3.63) is 41.3 Å². The van der Waals surface area contributed by atoms with Gasteiger partial charge in [0.15, 0.2) is 5.82 Å². The molecule has 3 rings (SSSR count). The van der Waals surface area contributed by atoms with Gasteiger partial charge in [-0.25, -0.2) is 0 Å². The number of anilines is 1. The van der Waals surface area contributed by atoms with E-state index in [0.29, 0.717) is 23.2 Å². The summed E-state index contributed by atoms with van der Waals surface area (Å²) >= 11 is 7.51. The summed E-state index contributed by atoms with van der Waals surface area (Å²) in [6.45, 7) is 0.303. The highest BCUT2D eigenvalue weighted by Crippen LogP contribution is 2.30. The van der Waals surface area contributed by atoms with Crippen LogP contribution in [0.1, 0.15) is 5.82 Å². The fraction of sp³-hybridized carbons (Fsp3) is 0.214. The Morgan fingerprint density at radius 3 is 2.90 bits per heavy atom. The van der Waals surface area contributed by atoms with Crippen LogP contribution in [0.4, 0.5) is 5.13 Å². The van der Waals surface area contributed by atoms with Crippen molar-refractivity contribution in [1.82, 2.24) is 14.3 Å². The third-order valence-electron chi connectivity index (χ3n) is 2.88. The second-order valence-electron chi connectivity index (χ2n) is 4.62. The molecule has 0 fully saturated rings. The summed E-state index contributed by atoms with van der Waals surface area (Å²) in [5.41, 5.74) is 0.744. The Balaban J connectivity index is 1.83. The lowest BCUT2D eigenvalue weighted by Crippen LogP contribution is -2.08. The highest BCUT2D eigenvalue weighted by Gasteiger charge is 2.10. The molecular weight excluding hydrogens is 308 g/mol. The number of nitrogens with zero attached hydrogens (tertiary/aromatic N) is 4. The van der Waals surface area contributed by atoms with Crippen molar-refractivity contribution >= 4 is 39.2 Å². The number of pyridine rings is 1. The first kappa shape index (κ1) is 14.0. The molecule has 0 aliphatic carbocycles. The van der Waals surface area contributed by atoms with Crippen molar-refractivity contribution in [2.45, 2.75) is 6.61 Å². The number of fused-ring (bicyclic) bond motifs is 1. The molecule has 0 saturated carbocycles. The number of hydrogen-bond acceptors (Lipinski definition) is 6. The quantitative estimate of drug-likeness (QED) is 0.737. The van der Waals surface area contributed by atoms with E-state index in [2.05, 4.69) is 14.3 Å². The van der Waals surface area contributed by atoms with Crippen molar-refractivity contribution in [1.29, 1.82) is 0 Å². The third kappa shape index (κ3) is 2.91. The molecule has 2 heterocycles. The minimum absolute atomic E-state index is 0.303. The van der Waals surface area contributed by atoms with Gasteiger partial charge in [0.25, 0.3) is 0 Å². The summed E-state index contributed by atoms with van der Waals surface area (Å²) < 4.78 is 10.1. The van der Waals surface area contributed by atoms with Crippen molar-refractivity contribution in [2.24, 2.45) is 0 Å². The van der Waals surface area contributed by atoms with E-state index in [-0.39, 0.29) is 0 Å². The molecule has 3 aromatic rings. The van der Waals surface area contributed by atoms with E-state index in [1.807, 2.05) is 37.2 Å². The Hall–Kier alpha value is -1.92. The minimum Gasteiger partial charge on any atom is -0.483 e. The van der Waals surface area contributed by atoms with Gasteiger partial charge in [0.05, 0.1) is 5.02 Å². The molecule has 21 heavy (non-hydrogen) atoms. The predicted octanol–water partition coefficient (Wildman–Crippen LogP) is 3.38. The van der Waals surface area contributed by atoms with Gasteiger partial charge < -0.3 is 9.64 Å². The Morgan fingerprint density at radius 2 is 2.14 bits per heavy atom. The summed E-state index contributed by atoms with van der Waals surface area (Å²) in [6.07, 6.45) is 1.72. The van der Waals surface area contributed by atoms with Crippen LogP contribution in [0, 0.1) is 0 Å². The van der Waals surface area contributed by atoms with Crippen molar-refractivity contribution < 1.29 is 4.74 Å². The summed E-state index contributed by atoms with van der Waals surface area (Å²) in [4.78, 5) is 10.6. The molecule has 0 unspecified atom stereocenters. The fourth-order valence-corrected chi connectivity index (χ4v) is 2.66. The Bertz CT molecular complexity index is 775. The van der Waals surface area contributed by atoms with Crippen molar-refractivity contribution in [2.75, 3.05) is 19.0 Å². The largest absolute Gasteiger partial charge is 0.483 e. The molecule has 0 N–H and O–H groups in total. The lowest BCUT2D eigenvalue weighted by molar-refractivity contribution is 0.301. The standard InChI is InChI=1S/C14H13ClN4OS/c1-19(2)14-17-12(18-21-14)8-20-11-6-5-10(15)9-4-3-7-16-13(9)11/h3-7H,8H2,1-2H3. The average Bonchev–Trinajstić information content (AvgIpc) is 2.96. The topological polar surface area (TPSA) is 51.1 Å². The zero-order valence-electron chi connectivity index (χ0n) is 11.6. The molecular formula is C14H13ClN4OS. The highest BCUT2D eigenvalue weighted by atomic mass is 35.5. The van der Waals surface area contributed by atoms with Crippen LogP contribution in [-0.4, -0.2) is 28.4 Å². The van der Waals surface area contributed by atoms with Gasteiger partial charge in [-0.1, -0.05) is 11.6 Å². The van der Waals surface area contributed by atoms with E-state index in [9.17, 15) is 0 Å². The Morgan fingerprint density at radius 1 is 1.29 bits per heavy atom. The van der Waals surface area contributed by atoms with Crippen LogP contribution in [0.5, 0.6) is 5.75 Å². The van der Waals surface area contributed by atoms with Crippen LogP contribution in [0.2, 0.25) is 5.02 Å². The van der Waals surface area contributed by atoms with Gasteiger partial charge in [0.2, 0.25) is 5.13 Å². The summed E-state index contributed by atoms with van der Waals surface area (Å²) in [7, 11) is 3.86. The fourth-order valence-electron chi connectivity index (χ4n) is 1.86. The maximum atomic E-state index is 6.16. The van der Waals surface area contributed by atoms with Gasteiger partial charge in [0, 0.05) is 37.2 Å². The number of aromatic nitrogens is 3. The molecule has 1 aromatic carbocycles. The second kappa shape index (κ2) is 5.83. The maximum Gasteiger partial charge on any atom is 0.204 e. The number of rotatable bonds is 4. The molecule has 0 atom stereocenters. The predicted molar refractivity (Wildman–Crippen MR) is 85.3 cm³/mol. The molecule has 5 nitrogen and oxygen atoms in total. The normalized spacial score (nSPS) is 10.8. The lowest BCUT2D eigenvalue weighted by Gasteiger charge is -2.08. The van der Waals surface area contributed by atoms with E-state index in [4.69, 9.17) is 16.3 Å². The minimum atomic E-state index is 0.303. The molecule has 0 radical (unpaired) electrons. The van der Waals surface area contributed by atoms with E-state index in [1.54, 1.807) is 12.3 Å². The van der Waals surface area contributed by atoms with Crippen LogP contribution in [0.15, 0.2) is 30.5 Å². The van der Waals surface area contributed by atoms with Crippen LogP contribution < -0.4 is 9.64 Å². The van der Waals surface area contributed by atoms with Crippen LogP contribution in [-0.2, 0) is 6.61 Å². The molecule has 0 saturated heterocycles. The monoisotopic (exact) mass is 320 g/mol. The molecule has 0 amide bonds. The molecule has 0 aliphatic rings. The highest BCUT2D eigenvalue weighted by molar-refractivity contribution is 7.09. The Kier molecular flexibility index (Phi) is 3.90. The summed E-state index contributed by atoms with van der Waals surface area (Å²) in [5.74, 6) is 1.33. The van der Waals surface area contributed by atoms with Crippen molar-refractivity contribution in [3.63, 3.8) is 0 Å². The number of benzene rings is 1. The van der Waals surface area contributed by atoms with E-state index >= 15 is 0 Å². The molecule has 108 valence electrons. The summed E-state index contributed by atoms with van der Waals surface area (Å²) in [5, 5.41) is 2.39. The van der Waals surface area contributed by atoms with Crippen molar-refractivity contribution in [3.8, 4) is 5.75 Å². The maximum absolute atomic E-state index is 6.16. The van der Waals surface area contributed by atoms with Crippen LogP contribution in [0.25, 0.3) is 10.9 Å². The number of halogens is 1. The van der Waals surface area contributed by atoms with Crippen LogP contribution in [0.3, 0.4) is 0 Å². The van der Waals surface area contributed by atoms with Gasteiger partial charge in [0.1, 0.15) is 17.9 Å². The second-order valence-corrected chi connectivity index (χ2v) is 5.76. The molecule has 0 spiro atoms. The molecule has 0 aliphatic heterocycles. The SMILES string of the molecule is CN(C)c1nc(COc2ccc(Cl)c3cccnc23)ns1. The van der Waals surface area contributed by atoms with Gasteiger partial charge in [-0.2, -0.15) is 9.36 Å². The molecule has 0 bridgehead atoms. The molecule has 7 heteroatoms. The average molecular weight is 321 g/mol. The van der Waals surface area contributed by atoms with Gasteiger partial charge in [-0.05, 0) is 24.3 Å². The lowest BCUT2D eigenvalue weighted by atomic mass is 10.2. The third-order valence-corrected chi connectivity index (χ3v) is 4.13. The van der Waals surface area contributed by atoms with Gasteiger partial charge in [-0.15, -0.1) is 0 Å². The van der Waals surface area contributed by atoms with E-state index in [0.717, 1.165) is 16.0 Å². The van der Waals surface area contributed by atoms with Crippen LogP contribution >= 0.6 is 23.1 Å². The number of hydrogen-bond donors (Lipinski definition) is 0. The smallest absolute Gasteiger partial charge is 0.204 e. The van der Waals surface area contributed by atoms with Gasteiger partial charge >= 0.3 is 0 Å².